The Bertz CT molecular complexity index is 907. The van der Waals surface area contributed by atoms with Gasteiger partial charge in [-0.15, -0.1) is 0 Å². The molecule has 0 unspecified atom stereocenters. The molecule has 1 aliphatic carbocycles. The summed E-state index contributed by atoms with van der Waals surface area (Å²) in [6.45, 7) is 4.16. The molecule has 0 radical (unpaired) electrons. The summed E-state index contributed by atoms with van der Waals surface area (Å²) in [4.78, 5) is 11.7. The van der Waals surface area contributed by atoms with Crippen LogP contribution in [0.5, 0.6) is 0 Å². The van der Waals surface area contributed by atoms with Gasteiger partial charge in [-0.05, 0) is 44.2 Å². The van der Waals surface area contributed by atoms with Crippen molar-refractivity contribution in [3.63, 3.8) is 0 Å². The molecular formula is C20H22N4O. The molecule has 25 heavy (non-hydrogen) atoms. The van der Waals surface area contributed by atoms with Gasteiger partial charge in [-0.2, -0.15) is 4.98 Å². The van der Waals surface area contributed by atoms with Gasteiger partial charge in [-0.3, -0.25) is 4.98 Å². The Hall–Kier alpha value is -2.43. The van der Waals surface area contributed by atoms with Gasteiger partial charge in [0.1, 0.15) is 0 Å². The van der Waals surface area contributed by atoms with Crippen molar-refractivity contribution in [2.75, 3.05) is 18.0 Å². The van der Waals surface area contributed by atoms with Crippen LogP contribution >= 0.6 is 0 Å². The van der Waals surface area contributed by atoms with Crippen LogP contribution < -0.4 is 4.90 Å². The van der Waals surface area contributed by atoms with Gasteiger partial charge in [-0.25, -0.2) is 0 Å². The van der Waals surface area contributed by atoms with E-state index < -0.39 is 0 Å². The Balaban J connectivity index is 1.35. The van der Waals surface area contributed by atoms with Gasteiger partial charge in [0.15, 0.2) is 5.82 Å². The van der Waals surface area contributed by atoms with Crippen LogP contribution in [0, 0.1) is 6.92 Å². The molecule has 1 saturated heterocycles. The highest BCUT2D eigenvalue weighted by molar-refractivity contribution is 5.93. The second-order valence-electron chi connectivity index (χ2n) is 7.33. The van der Waals surface area contributed by atoms with Crippen LogP contribution in [0.1, 0.15) is 54.8 Å². The predicted octanol–water partition coefficient (Wildman–Crippen LogP) is 4.19. The Labute approximate surface area is 147 Å². The van der Waals surface area contributed by atoms with Crippen molar-refractivity contribution >= 4 is 16.6 Å². The number of fused-ring (bicyclic) bond motifs is 1. The minimum Gasteiger partial charge on any atom is -0.371 e. The summed E-state index contributed by atoms with van der Waals surface area (Å²) in [6, 6.07) is 8.56. The fourth-order valence-electron chi connectivity index (χ4n) is 3.87. The SMILES string of the molecule is Cc1cccc2c(N3CCC(c4noc(C5CC5)n4)CC3)ccnc12. The van der Waals surface area contributed by atoms with E-state index in [-0.39, 0.29) is 0 Å². The van der Waals surface area contributed by atoms with Crippen LogP contribution in [0.4, 0.5) is 5.69 Å². The summed E-state index contributed by atoms with van der Waals surface area (Å²) < 4.78 is 5.44. The lowest BCUT2D eigenvalue weighted by Gasteiger charge is -2.33. The van der Waals surface area contributed by atoms with Crippen molar-refractivity contribution in [3.05, 3.63) is 47.7 Å². The Morgan fingerprint density at radius 1 is 1.04 bits per heavy atom. The number of pyridine rings is 1. The molecule has 1 aliphatic heterocycles. The second kappa shape index (κ2) is 5.83. The van der Waals surface area contributed by atoms with Crippen molar-refractivity contribution in [2.45, 2.75) is 44.4 Å². The second-order valence-corrected chi connectivity index (χ2v) is 7.33. The van der Waals surface area contributed by atoms with Gasteiger partial charge in [0.05, 0.1) is 5.52 Å². The molecular weight excluding hydrogens is 312 g/mol. The molecule has 1 saturated carbocycles. The first-order valence-electron chi connectivity index (χ1n) is 9.22. The molecule has 5 rings (SSSR count). The minimum atomic E-state index is 0.419. The summed E-state index contributed by atoms with van der Waals surface area (Å²) in [5.41, 5.74) is 3.63. The molecule has 0 bridgehead atoms. The number of hydrogen-bond acceptors (Lipinski definition) is 5. The molecule has 0 amide bonds. The zero-order valence-electron chi connectivity index (χ0n) is 14.5. The summed E-state index contributed by atoms with van der Waals surface area (Å²) >= 11 is 0. The Morgan fingerprint density at radius 2 is 1.88 bits per heavy atom. The monoisotopic (exact) mass is 334 g/mol. The van der Waals surface area contributed by atoms with Gasteiger partial charge < -0.3 is 9.42 Å². The first-order valence-corrected chi connectivity index (χ1v) is 9.22. The third-order valence-electron chi connectivity index (χ3n) is 5.53. The number of aryl methyl sites for hydroxylation is 1. The summed E-state index contributed by atoms with van der Waals surface area (Å²) in [5, 5.41) is 5.49. The molecule has 5 heteroatoms. The van der Waals surface area contributed by atoms with Crippen molar-refractivity contribution < 1.29 is 4.52 Å². The number of nitrogens with zero attached hydrogens (tertiary/aromatic N) is 4. The highest BCUT2D eigenvalue weighted by atomic mass is 16.5. The first-order chi connectivity index (χ1) is 12.3. The molecule has 3 heterocycles. The fourth-order valence-corrected chi connectivity index (χ4v) is 3.87. The van der Waals surface area contributed by atoms with E-state index in [0.717, 1.165) is 43.2 Å². The topological polar surface area (TPSA) is 55.1 Å². The highest BCUT2D eigenvalue weighted by Gasteiger charge is 2.32. The number of hydrogen-bond donors (Lipinski definition) is 0. The summed E-state index contributed by atoms with van der Waals surface area (Å²) in [5.74, 6) is 2.72. The lowest BCUT2D eigenvalue weighted by Crippen LogP contribution is -2.33. The number of anilines is 1. The quantitative estimate of drug-likeness (QED) is 0.719. The van der Waals surface area contributed by atoms with Gasteiger partial charge in [-0.1, -0.05) is 23.4 Å². The standard InChI is InChI=1S/C20H22N4O/c1-13-3-2-4-16-17(7-10-21-18(13)16)24-11-8-14(9-12-24)19-22-20(25-23-19)15-5-6-15/h2-4,7,10,14-15H,5-6,8-9,11-12H2,1H3. The average Bonchev–Trinajstić information content (AvgIpc) is 3.39. The molecule has 128 valence electrons. The largest absolute Gasteiger partial charge is 0.371 e. The van der Waals surface area contributed by atoms with Crippen LogP contribution in [0.15, 0.2) is 35.0 Å². The van der Waals surface area contributed by atoms with Gasteiger partial charge in [0.25, 0.3) is 0 Å². The molecule has 1 aromatic carbocycles. The molecule has 5 nitrogen and oxygen atoms in total. The van der Waals surface area contributed by atoms with Crippen molar-refractivity contribution in [1.82, 2.24) is 15.1 Å². The van der Waals surface area contributed by atoms with E-state index in [1.54, 1.807) is 0 Å². The van der Waals surface area contributed by atoms with Crippen molar-refractivity contribution in [1.29, 1.82) is 0 Å². The van der Waals surface area contributed by atoms with Crippen molar-refractivity contribution in [3.8, 4) is 0 Å². The van der Waals surface area contributed by atoms with Gasteiger partial charge in [0, 0.05) is 42.2 Å². The number of rotatable bonds is 3. The molecule has 2 aliphatic rings. The minimum absolute atomic E-state index is 0.419. The Morgan fingerprint density at radius 3 is 2.68 bits per heavy atom. The summed E-state index contributed by atoms with van der Waals surface area (Å²) in [6.07, 6.45) is 6.47. The van der Waals surface area contributed by atoms with E-state index in [1.165, 1.54) is 29.5 Å². The lowest BCUT2D eigenvalue weighted by atomic mass is 9.95. The van der Waals surface area contributed by atoms with Crippen LogP contribution in [-0.2, 0) is 0 Å². The highest BCUT2D eigenvalue weighted by Crippen LogP contribution is 2.40. The van der Waals surface area contributed by atoms with E-state index in [4.69, 9.17) is 4.52 Å². The molecule has 0 atom stereocenters. The molecule has 0 spiro atoms. The first kappa shape index (κ1) is 14.9. The molecule has 3 aromatic rings. The number of benzene rings is 1. The number of para-hydroxylation sites is 1. The van der Waals surface area contributed by atoms with Crippen molar-refractivity contribution in [2.24, 2.45) is 0 Å². The van der Waals surface area contributed by atoms with Gasteiger partial charge >= 0.3 is 0 Å². The smallest absolute Gasteiger partial charge is 0.229 e. The third kappa shape index (κ3) is 2.68. The van der Waals surface area contributed by atoms with Crippen LogP contribution in [0.25, 0.3) is 10.9 Å². The normalized spacial score (nSPS) is 18.8. The average molecular weight is 334 g/mol. The molecule has 0 N–H and O–H groups in total. The van der Waals surface area contributed by atoms with E-state index in [0.29, 0.717) is 11.8 Å². The molecule has 2 aromatic heterocycles. The van der Waals surface area contributed by atoms with E-state index >= 15 is 0 Å². The molecule has 2 fully saturated rings. The van der Waals surface area contributed by atoms with E-state index in [2.05, 4.69) is 51.2 Å². The zero-order chi connectivity index (χ0) is 16.8. The number of aromatic nitrogens is 3. The summed E-state index contributed by atoms with van der Waals surface area (Å²) in [7, 11) is 0. The lowest BCUT2D eigenvalue weighted by molar-refractivity contribution is 0.365. The fraction of sp³-hybridized carbons (Fsp3) is 0.450. The maximum absolute atomic E-state index is 5.44. The van der Waals surface area contributed by atoms with Crippen LogP contribution in [0.2, 0.25) is 0 Å². The zero-order valence-corrected chi connectivity index (χ0v) is 14.5. The van der Waals surface area contributed by atoms with E-state index in [1.807, 2.05) is 6.20 Å². The third-order valence-corrected chi connectivity index (χ3v) is 5.53. The van der Waals surface area contributed by atoms with Gasteiger partial charge in [0.2, 0.25) is 5.89 Å². The van der Waals surface area contributed by atoms with Crippen LogP contribution in [-0.4, -0.2) is 28.2 Å². The van der Waals surface area contributed by atoms with Crippen LogP contribution in [0.3, 0.4) is 0 Å². The maximum atomic E-state index is 5.44. The number of piperidine rings is 1. The maximum Gasteiger partial charge on any atom is 0.229 e. The Kier molecular flexibility index (Phi) is 3.47. The van der Waals surface area contributed by atoms with E-state index in [9.17, 15) is 0 Å². The predicted molar refractivity (Wildman–Crippen MR) is 96.9 cm³/mol.